The molecule has 24 heavy (non-hydrogen) atoms. The van der Waals surface area contributed by atoms with E-state index in [4.69, 9.17) is 9.47 Å². The Balaban J connectivity index is 0.000000243. The second-order valence-corrected chi connectivity index (χ2v) is 7.06. The number of aryl methyl sites for hydroxylation is 1. The van der Waals surface area contributed by atoms with Crippen LogP contribution in [0.1, 0.15) is 38.7 Å². The molecule has 4 unspecified atom stereocenters. The summed E-state index contributed by atoms with van der Waals surface area (Å²) < 4.78 is 10.2. The van der Waals surface area contributed by atoms with Crippen molar-refractivity contribution in [1.29, 1.82) is 0 Å². The average Bonchev–Trinajstić information content (AvgIpc) is 2.54. The third-order valence-electron chi connectivity index (χ3n) is 5.06. The van der Waals surface area contributed by atoms with Crippen LogP contribution >= 0.6 is 0 Å². The minimum Gasteiger partial charge on any atom is -0.493 e. The summed E-state index contributed by atoms with van der Waals surface area (Å²) in [5, 5.41) is 9.69. The van der Waals surface area contributed by atoms with Crippen molar-refractivity contribution in [2.45, 2.75) is 52.2 Å². The van der Waals surface area contributed by atoms with Gasteiger partial charge in [-0.25, -0.2) is 0 Å². The van der Waals surface area contributed by atoms with Gasteiger partial charge in [0, 0.05) is 6.04 Å². The number of nitrogens with zero attached hydrogens (tertiary/aromatic N) is 1. The van der Waals surface area contributed by atoms with Crippen molar-refractivity contribution in [3.8, 4) is 11.5 Å². The molecule has 138 valence electrons. The summed E-state index contributed by atoms with van der Waals surface area (Å²) in [5.41, 5.74) is 1.17. The van der Waals surface area contributed by atoms with Crippen LogP contribution in [0.25, 0.3) is 0 Å². The molecule has 0 aliphatic heterocycles. The Morgan fingerprint density at radius 3 is 2.25 bits per heavy atom. The lowest BCUT2D eigenvalue weighted by Gasteiger charge is -2.42. The molecule has 4 heteroatoms. The van der Waals surface area contributed by atoms with E-state index in [-0.39, 0.29) is 6.10 Å². The van der Waals surface area contributed by atoms with Crippen LogP contribution in [0.3, 0.4) is 0 Å². The van der Waals surface area contributed by atoms with Crippen molar-refractivity contribution < 1.29 is 14.6 Å². The second-order valence-electron chi connectivity index (χ2n) is 7.06. The van der Waals surface area contributed by atoms with Gasteiger partial charge < -0.3 is 19.5 Å². The number of rotatable bonds is 4. The third-order valence-corrected chi connectivity index (χ3v) is 5.06. The normalized spacial score (nSPS) is 26.5. The topological polar surface area (TPSA) is 41.9 Å². The maximum Gasteiger partial charge on any atom is 0.160 e. The van der Waals surface area contributed by atoms with Crippen LogP contribution in [-0.2, 0) is 0 Å². The summed E-state index contributed by atoms with van der Waals surface area (Å²) in [6, 6.07) is 6.40. The molecular formula is C20H35NO3. The molecule has 0 spiro atoms. The molecule has 4 nitrogen and oxygen atoms in total. The molecule has 1 aliphatic carbocycles. The fraction of sp³-hybridized carbons (Fsp3) is 0.700. The lowest BCUT2D eigenvalue weighted by atomic mass is 9.74. The summed E-state index contributed by atoms with van der Waals surface area (Å²) in [4.78, 5) is 2.27. The van der Waals surface area contributed by atoms with E-state index in [1.54, 1.807) is 14.2 Å². The first-order chi connectivity index (χ1) is 11.3. The standard InChI is InChI=1S/C11H23NO.C9H12O2/c1-5-10-8(2)6-9(13)7-11(10)12(3)4;1-7-4-5-8(10-2)9(6-7)11-3/h8-11,13H,5-7H2,1-4H3;4-6H,1-3H3. The molecule has 1 saturated carbocycles. The van der Waals surface area contributed by atoms with Crippen molar-refractivity contribution in [3.63, 3.8) is 0 Å². The maximum atomic E-state index is 9.69. The predicted molar refractivity (Wildman–Crippen MR) is 99.9 cm³/mol. The van der Waals surface area contributed by atoms with Crippen LogP contribution in [0.2, 0.25) is 0 Å². The Hall–Kier alpha value is -1.26. The molecule has 0 aromatic heterocycles. The van der Waals surface area contributed by atoms with Gasteiger partial charge in [-0.3, -0.25) is 0 Å². The number of aliphatic hydroxyl groups excluding tert-OH is 1. The first-order valence-corrected chi connectivity index (χ1v) is 8.87. The molecule has 1 fully saturated rings. The zero-order chi connectivity index (χ0) is 18.3. The number of hydrogen-bond donors (Lipinski definition) is 1. The smallest absolute Gasteiger partial charge is 0.160 e. The zero-order valence-electron chi connectivity index (χ0n) is 16.4. The predicted octanol–water partition coefficient (Wildman–Crippen LogP) is 3.75. The molecule has 4 atom stereocenters. The Morgan fingerprint density at radius 2 is 1.75 bits per heavy atom. The SMILES string of the molecule is CCC1C(C)CC(O)CC1N(C)C.COc1ccc(C)cc1OC. The van der Waals surface area contributed by atoms with Crippen molar-refractivity contribution in [2.75, 3.05) is 28.3 Å². The van der Waals surface area contributed by atoms with Crippen molar-refractivity contribution in [3.05, 3.63) is 23.8 Å². The molecule has 1 aliphatic rings. The molecule has 2 rings (SSSR count). The Morgan fingerprint density at radius 1 is 1.12 bits per heavy atom. The summed E-state index contributed by atoms with van der Waals surface area (Å²) in [6.45, 7) is 6.55. The van der Waals surface area contributed by atoms with Gasteiger partial charge in [0.2, 0.25) is 0 Å². The van der Waals surface area contributed by atoms with Gasteiger partial charge in [0.25, 0.3) is 0 Å². The van der Waals surface area contributed by atoms with Gasteiger partial charge in [-0.1, -0.05) is 26.3 Å². The van der Waals surface area contributed by atoms with Gasteiger partial charge in [0.05, 0.1) is 20.3 Å². The Labute approximate surface area is 147 Å². The van der Waals surface area contributed by atoms with Crippen LogP contribution < -0.4 is 9.47 Å². The molecule has 0 amide bonds. The van der Waals surface area contributed by atoms with Gasteiger partial charge in [0.1, 0.15) is 0 Å². The number of hydrogen-bond acceptors (Lipinski definition) is 4. The van der Waals surface area contributed by atoms with E-state index < -0.39 is 0 Å². The van der Waals surface area contributed by atoms with Crippen molar-refractivity contribution >= 4 is 0 Å². The van der Waals surface area contributed by atoms with Crippen LogP contribution in [-0.4, -0.2) is 50.5 Å². The van der Waals surface area contributed by atoms with Gasteiger partial charge >= 0.3 is 0 Å². The highest BCUT2D eigenvalue weighted by Gasteiger charge is 2.34. The minimum absolute atomic E-state index is 0.0785. The lowest BCUT2D eigenvalue weighted by Crippen LogP contribution is -2.45. The van der Waals surface area contributed by atoms with Crippen molar-refractivity contribution in [2.24, 2.45) is 11.8 Å². The summed E-state index contributed by atoms with van der Waals surface area (Å²) in [6.07, 6.45) is 3.10. The molecule has 0 heterocycles. The van der Waals surface area contributed by atoms with Crippen LogP contribution in [0, 0.1) is 18.8 Å². The van der Waals surface area contributed by atoms with E-state index in [1.807, 2.05) is 25.1 Å². The highest BCUT2D eigenvalue weighted by molar-refractivity contribution is 5.42. The molecule has 0 radical (unpaired) electrons. The maximum absolute atomic E-state index is 9.69. The molecule has 0 bridgehead atoms. The van der Waals surface area contributed by atoms with Gasteiger partial charge in [-0.15, -0.1) is 0 Å². The molecule has 1 aromatic carbocycles. The van der Waals surface area contributed by atoms with Crippen LogP contribution in [0.5, 0.6) is 11.5 Å². The number of benzene rings is 1. The summed E-state index contributed by atoms with van der Waals surface area (Å²) >= 11 is 0. The van der Waals surface area contributed by atoms with E-state index >= 15 is 0 Å². The highest BCUT2D eigenvalue weighted by atomic mass is 16.5. The summed E-state index contributed by atoms with van der Waals surface area (Å²) in [5.74, 6) is 2.99. The fourth-order valence-electron chi connectivity index (χ4n) is 3.74. The Kier molecular flexibility index (Phi) is 8.57. The van der Waals surface area contributed by atoms with Gasteiger partial charge in [-0.2, -0.15) is 0 Å². The first-order valence-electron chi connectivity index (χ1n) is 8.87. The Bertz CT molecular complexity index is 490. The van der Waals surface area contributed by atoms with E-state index in [0.717, 1.165) is 30.3 Å². The quantitative estimate of drug-likeness (QED) is 0.909. The average molecular weight is 338 g/mol. The van der Waals surface area contributed by atoms with Gasteiger partial charge in [-0.05, 0) is 63.4 Å². The lowest BCUT2D eigenvalue weighted by molar-refractivity contribution is 0.0142. The molecule has 0 saturated heterocycles. The highest BCUT2D eigenvalue weighted by Crippen LogP contribution is 2.34. The van der Waals surface area contributed by atoms with E-state index in [1.165, 1.54) is 12.0 Å². The van der Waals surface area contributed by atoms with E-state index in [0.29, 0.717) is 12.0 Å². The first kappa shape index (κ1) is 20.8. The van der Waals surface area contributed by atoms with Gasteiger partial charge in [0.15, 0.2) is 11.5 Å². The van der Waals surface area contributed by atoms with E-state index in [9.17, 15) is 5.11 Å². The second kappa shape index (κ2) is 9.90. The number of aliphatic hydroxyl groups is 1. The monoisotopic (exact) mass is 337 g/mol. The molecular weight excluding hydrogens is 302 g/mol. The summed E-state index contributed by atoms with van der Waals surface area (Å²) in [7, 11) is 7.51. The molecule has 1 N–H and O–H groups in total. The number of methoxy groups -OCH3 is 2. The molecule has 1 aromatic rings. The third kappa shape index (κ3) is 5.67. The number of ether oxygens (including phenoxy) is 2. The zero-order valence-corrected chi connectivity index (χ0v) is 16.4. The van der Waals surface area contributed by atoms with Crippen LogP contribution in [0.4, 0.5) is 0 Å². The minimum atomic E-state index is -0.0785. The van der Waals surface area contributed by atoms with Crippen LogP contribution in [0.15, 0.2) is 18.2 Å². The van der Waals surface area contributed by atoms with E-state index in [2.05, 4.69) is 32.8 Å². The van der Waals surface area contributed by atoms with Crippen molar-refractivity contribution in [1.82, 2.24) is 4.90 Å². The largest absolute Gasteiger partial charge is 0.493 e. The fourth-order valence-corrected chi connectivity index (χ4v) is 3.74.